The fourth-order valence-corrected chi connectivity index (χ4v) is 6.70. The van der Waals surface area contributed by atoms with Gasteiger partial charge in [0.1, 0.15) is 4.90 Å². The molecule has 6 heterocycles. The number of rotatable bonds is 2. The molecule has 3 aromatic heterocycles. The molecule has 8 nitrogen and oxygen atoms in total. The van der Waals surface area contributed by atoms with Crippen LogP contribution in [0.5, 0.6) is 0 Å². The van der Waals surface area contributed by atoms with Gasteiger partial charge in [-0.15, -0.1) is 0 Å². The van der Waals surface area contributed by atoms with Crippen molar-refractivity contribution in [2.45, 2.75) is 32.6 Å². The van der Waals surface area contributed by atoms with Crippen molar-refractivity contribution < 1.29 is 13.0 Å². The van der Waals surface area contributed by atoms with Crippen molar-refractivity contribution in [1.29, 1.82) is 0 Å². The van der Waals surface area contributed by atoms with Gasteiger partial charge in [0.05, 0.1) is 22.8 Å². The highest BCUT2D eigenvalue weighted by Gasteiger charge is 2.19. The molecule has 3 aliphatic rings. The van der Waals surface area contributed by atoms with Gasteiger partial charge in [-0.3, -0.25) is 4.55 Å². The lowest BCUT2D eigenvalue weighted by molar-refractivity contribution is 0.481. The molecule has 0 fully saturated rings. The number of hydrogen-bond acceptors (Lipinski definition) is 5. The van der Waals surface area contributed by atoms with Gasteiger partial charge in [0.25, 0.3) is 10.1 Å². The molecule has 3 N–H and O–H groups in total. The number of benzene rings is 1. The molecule has 0 aliphatic carbocycles. The number of nitrogens with zero attached hydrogens (tertiary/aromatic N) is 3. The molecule has 9 heteroatoms. The van der Waals surface area contributed by atoms with Crippen LogP contribution in [-0.2, 0) is 10.1 Å². The Morgan fingerprint density at radius 3 is 1.87 bits per heavy atom. The zero-order valence-electron chi connectivity index (χ0n) is 25.9. The minimum absolute atomic E-state index is 0.0509. The average Bonchev–Trinajstić information content (AvgIpc) is 3.78. The van der Waals surface area contributed by atoms with Gasteiger partial charge >= 0.3 is 0 Å². The number of fused-ring (bicyclic) bond motifs is 8. The van der Waals surface area contributed by atoms with Crippen molar-refractivity contribution in [3.63, 3.8) is 0 Å². The number of allylic oxidation sites excluding steroid dienone is 2. The Morgan fingerprint density at radius 2 is 1.29 bits per heavy atom. The Balaban J connectivity index is 0.000000216. The minimum atomic E-state index is -4.11. The number of aromatic amines is 2. The molecule has 0 amide bonds. The summed E-state index contributed by atoms with van der Waals surface area (Å²) in [6.07, 6.45) is 14.7. The predicted octanol–water partition coefficient (Wildman–Crippen LogP) is 7.67. The number of H-pyrrole nitrogens is 2. The Morgan fingerprint density at radius 1 is 0.711 bits per heavy atom. The Hall–Kier alpha value is -4.99. The zero-order valence-corrected chi connectivity index (χ0v) is 26.7. The average molecular weight is 618 g/mol. The summed E-state index contributed by atoms with van der Waals surface area (Å²) in [4.78, 5) is 18.7. The first-order valence-electron chi connectivity index (χ1n) is 14.7. The van der Waals surface area contributed by atoms with Crippen LogP contribution in [0.2, 0.25) is 0 Å². The number of likely N-dealkylation sites (N-methyl/N-ethyl adjacent to an activating group) is 1. The first-order chi connectivity index (χ1) is 21.4. The Bertz CT molecular complexity index is 2210. The Kier molecular flexibility index (Phi) is 7.90. The smallest absolute Gasteiger partial charge is 0.295 e. The third kappa shape index (κ3) is 6.60. The Labute approximate surface area is 263 Å². The lowest BCUT2D eigenvalue weighted by atomic mass is 10.0. The fraction of sp³-hybridized carbons (Fsp3) is 0.167. The molecule has 228 valence electrons. The van der Waals surface area contributed by atoms with E-state index in [0.717, 1.165) is 62.5 Å². The van der Waals surface area contributed by atoms with Crippen LogP contribution < -0.4 is 0 Å². The van der Waals surface area contributed by atoms with Crippen molar-refractivity contribution in [2.75, 3.05) is 13.6 Å². The van der Waals surface area contributed by atoms with Gasteiger partial charge < -0.3 is 14.9 Å². The van der Waals surface area contributed by atoms with E-state index < -0.39 is 10.1 Å². The minimum Gasteiger partial charge on any atom is -0.377 e. The maximum atomic E-state index is 11.1. The van der Waals surface area contributed by atoms with E-state index >= 15 is 0 Å². The molecule has 0 saturated carbocycles. The summed E-state index contributed by atoms with van der Waals surface area (Å²) in [5.74, 6) is 0. The van der Waals surface area contributed by atoms with Crippen molar-refractivity contribution in [1.82, 2.24) is 24.8 Å². The third-order valence-electron chi connectivity index (χ3n) is 8.14. The molecule has 0 unspecified atom stereocenters. The molecule has 4 aromatic rings. The van der Waals surface area contributed by atoms with Gasteiger partial charge in [0, 0.05) is 41.2 Å². The van der Waals surface area contributed by atoms with Crippen LogP contribution in [0.15, 0.2) is 71.8 Å². The predicted molar refractivity (Wildman–Crippen MR) is 184 cm³/mol. The number of aromatic nitrogens is 4. The van der Waals surface area contributed by atoms with Crippen molar-refractivity contribution in [2.24, 2.45) is 0 Å². The van der Waals surface area contributed by atoms with Crippen LogP contribution in [0.1, 0.15) is 50.6 Å². The van der Waals surface area contributed by atoms with E-state index in [0.29, 0.717) is 11.1 Å². The van der Waals surface area contributed by atoms with Crippen LogP contribution in [0.4, 0.5) is 0 Å². The van der Waals surface area contributed by atoms with Crippen molar-refractivity contribution in [3.8, 4) is 0 Å². The van der Waals surface area contributed by atoms with E-state index in [2.05, 4.69) is 81.6 Å². The number of aryl methyl sites for hydroxylation is 2. The summed E-state index contributed by atoms with van der Waals surface area (Å²) in [7, 11) is -2.03. The second-order valence-electron chi connectivity index (χ2n) is 11.6. The van der Waals surface area contributed by atoms with Gasteiger partial charge in [-0.05, 0) is 135 Å². The van der Waals surface area contributed by atoms with Crippen LogP contribution in [0.3, 0.4) is 0 Å². The molecule has 0 spiro atoms. The SMILES string of the molecule is CN1C=CC(c2cc3cc4ccc(cc5nc(cc6nc(cc2[nH]3)C=C6)C=C5)[nH]4)=CC1.Cc1cc(C)c(C)c(S(=O)(=O)O)c1C. The summed E-state index contributed by atoms with van der Waals surface area (Å²) in [5, 5.41) is 0. The van der Waals surface area contributed by atoms with Gasteiger partial charge in [0.15, 0.2) is 0 Å². The molecule has 1 aromatic carbocycles. The maximum absolute atomic E-state index is 11.1. The first kappa shape index (κ1) is 30.1. The number of hydrogen-bond donors (Lipinski definition) is 3. The molecule has 0 saturated heterocycles. The largest absolute Gasteiger partial charge is 0.377 e. The summed E-state index contributed by atoms with van der Waals surface area (Å²) in [6.45, 7) is 7.95. The quantitative estimate of drug-likeness (QED) is 0.172. The fourth-order valence-electron chi connectivity index (χ4n) is 5.60. The molecule has 7 rings (SSSR count). The molecule has 45 heavy (non-hydrogen) atoms. The molecular formula is C36H35N5O3S. The van der Waals surface area contributed by atoms with Crippen molar-refractivity contribution in [3.05, 3.63) is 117 Å². The molecule has 0 atom stereocenters. The van der Waals surface area contributed by atoms with Gasteiger partial charge in [-0.25, -0.2) is 9.97 Å². The molecule has 3 aliphatic heterocycles. The van der Waals surface area contributed by atoms with E-state index in [4.69, 9.17) is 9.54 Å². The maximum Gasteiger partial charge on any atom is 0.295 e. The van der Waals surface area contributed by atoms with Crippen LogP contribution >= 0.6 is 0 Å². The van der Waals surface area contributed by atoms with Crippen molar-refractivity contribution >= 4 is 62.1 Å². The standard InChI is InChI=1S/C26H21N5.C10H14O3S/c1-31-10-8-17(9-11-31)25-15-24-14-22-5-4-20(28-22)12-18-2-3-19(27-18)13-21-6-7-23(29-21)16-26(25)30-24;1-6-5-7(2)9(4)10(8(6)3)14(11,12)13/h2-10,12-16,28,30H,11H2,1H3;5H,1-4H3,(H,11,12,13). The second-order valence-corrected chi connectivity index (χ2v) is 12.9. The lowest BCUT2D eigenvalue weighted by Crippen LogP contribution is -2.13. The van der Waals surface area contributed by atoms with E-state index in [1.807, 2.05) is 50.3 Å². The topological polar surface area (TPSA) is 115 Å². The summed E-state index contributed by atoms with van der Waals surface area (Å²) < 4.78 is 31.3. The summed E-state index contributed by atoms with van der Waals surface area (Å²) in [5.41, 5.74) is 13.2. The second kappa shape index (κ2) is 11.8. The monoisotopic (exact) mass is 617 g/mol. The van der Waals surface area contributed by atoms with E-state index in [1.54, 1.807) is 13.8 Å². The molecule has 0 radical (unpaired) electrons. The summed E-state index contributed by atoms with van der Waals surface area (Å²) >= 11 is 0. The lowest BCUT2D eigenvalue weighted by Gasteiger charge is -2.16. The molecular weight excluding hydrogens is 582 g/mol. The van der Waals surface area contributed by atoms with E-state index in [9.17, 15) is 8.42 Å². The van der Waals surface area contributed by atoms with Gasteiger partial charge in [-0.1, -0.05) is 12.1 Å². The first-order valence-corrected chi connectivity index (χ1v) is 16.1. The van der Waals surface area contributed by atoms with Crippen LogP contribution in [0, 0.1) is 27.7 Å². The third-order valence-corrected chi connectivity index (χ3v) is 9.27. The van der Waals surface area contributed by atoms with Crippen LogP contribution in [0.25, 0.3) is 51.9 Å². The summed E-state index contributed by atoms with van der Waals surface area (Å²) in [6, 6.07) is 16.6. The molecule has 8 bridgehead atoms. The van der Waals surface area contributed by atoms with E-state index in [1.165, 1.54) is 11.1 Å². The zero-order chi connectivity index (χ0) is 31.9. The van der Waals surface area contributed by atoms with E-state index in [-0.39, 0.29) is 4.90 Å². The van der Waals surface area contributed by atoms with Gasteiger partial charge in [0.2, 0.25) is 0 Å². The highest BCUT2D eigenvalue weighted by Crippen LogP contribution is 2.27. The highest BCUT2D eigenvalue weighted by molar-refractivity contribution is 7.86. The van der Waals surface area contributed by atoms with Gasteiger partial charge in [-0.2, -0.15) is 8.42 Å². The van der Waals surface area contributed by atoms with Crippen LogP contribution in [-0.4, -0.2) is 51.4 Å². The number of nitrogens with one attached hydrogen (secondary N) is 2. The normalized spacial score (nSPS) is 13.9. The highest BCUT2D eigenvalue weighted by atomic mass is 32.2.